The quantitative estimate of drug-likeness (QED) is 0.206. The summed E-state index contributed by atoms with van der Waals surface area (Å²) in [4.78, 5) is 2.36. The molecule has 1 unspecified atom stereocenters. The predicted octanol–water partition coefficient (Wildman–Crippen LogP) is 9.98. The molecule has 1 saturated carbocycles. The Balaban J connectivity index is -0.000000595. The van der Waals surface area contributed by atoms with Gasteiger partial charge in [-0.15, -0.1) is 36.8 Å². The summed E-state index contributed by atoms with van der Waals surface area (Å²) in [7, 11) is -2.58. The maximum Gasteiger partial charge on any atom is 0 e. The fourth-order valence-corrected chi connectivity index (χ4v) is 3.00. The normalized spacial score (nSPS) is 15.1. The molecular weight excluding hydrogens is 578 g/mol. The summed E-state index contributed by atoms with van der Waals surface area (Å²) in [6.45, 7) is 38.8. The van der Waals surface area contributed by atoms with Gasteiger partial charge in [-0.05, 0) is 13.1 Å². The molecule has 0 heterocycles. The first kappa shape index (κ1) is 42.1. The second-order valence-corrected chi connectivity index (χ2v) is 28.9. The summed E-state index contributed by atoms with van der Waals surface area (Å²) in [5, 5.41) is 9.94. The molecule has 0 aromatic heterocycles. The van der Waals surface area contributed by atoms with Crippen LogP contribution in [0, 0.1) is 19.6 Å². The van der Waals surface area contributed by atoms with Crippen LogP contribution in [0.15, 0.2) is 30.3 Å². The standard InChI is InChI=1S/C18H29N3.3C4H11Si.Zr/c1-3-21(4-2)18(20-17-13-9-6-10-14-17)19-15-16-11-7-5-8-12-16;3*1-5(2,3)4;/h5,7-8,11-12,17-18H,3-4,6,9-10,13-15H2,1-2H3;3*1H2,2-4H3;/q-2;3*-1;. The van der Waals surface area contributed by atoms with E-state index in [1.807, 2.05) is 0 Å². The van der Waals surface area contributed by atoms with Gasteiger partial charge in [-0.2, -0.15) is 6.29 Å². The Labute approximate surface area is 256 Å². The molecule has 3 nitrogen and oxygen atoms in total. The van der Waals surface area contributed by atoms with Gasteiger partial charge in [0.15, 0.2) is 0 Å². The minimum absolute atomic E-state index is 0. The maximum atomic E-state index is 5.05. The molecule has 1 aromatic carbocycles. The van der Waals surface area contributed by atoms with Crippen molar-refractivity contribution in [2.45, 2.75) is 124 Å². The minimum Gasteiger partial charge on any atom is -0.663 e. The molecule has 0 N–H and O–H groups in total. The van der Waals surface area contributed by atoms with E-state index >= 15 is 0 Å². The van der Waals surface area contributed by atoms with Crippen molar-refractivity contribution in [3.63, 3.8) is 0 Å². The average Bonchev–Trinajstić information content (AvgIpc) is 2.70. The zero-order chi connectivity index (χ0) is 28.4. The second-order valence-electron chi connectivity index (χ2n) is 13.5. The van der Waals surface area contributed by atoms with Crippen molar-refractivity contribution < 1.29 is 26.2 Å². The summed E-state index contributed by atoms with van der Waals surface area (Å²) >= 11 is 0. The molecule has 1 atom stereocenters. The van der Waals surface area contributed by atoms with Crippen LogP contribution in [0.4, 0.5) is 0 Å². The number of benzene rings is 1. The third-order valence-corrected chi connectivity index (χ3v) is 4.34. The zero-order valence-corrected chi connectivity index (χ0v) is 32.1. The fraction of sp³-hybridized carbons (Fsp3) is 0.700. The van der Waals surface area contributed by atoms with Crippen LogP contribution in [0.5, 0.6) is 0 Å². The summed E-state index contributed by atoms with van der Waals surface area (Å²) < 4.78 is 0. The van der Waals surface area contributed by atoms with Crippen LogP contribution in [-0.2, 0) is 32.7 Å². The zero-order valence-electron chi connectivity index (χ0n) is 26.7. The summed E-state index contributed by atoms with van der Waals surface area (Å²) in [6, 6.07) is 11.0. The molecule has 0 bridgehead atoms. The molecule has 0 amide bonds. The Morgan fingerprint density at radius 2 is 1.14 bits per heavy atom. The molecule has 218 valence electrons. The van der Waals surface area contributed by atoms with E-state index in [0.717, 1.165) is 19.6 Å². The largest absolute Gasteiger partial charge is 0.663 e. The van der Waals surface area contributed by atoms with Gasteiger partial charge in [-0.3, -0.25) is 0 Å². The van der Waals surface area contributed by atoms with E-state index in [-0.39, 0.29) is 32.5 Å². The van der Waals surface area contributed by atoms with E-state index in [0.29, 0.717) is 6.04 Å². The Morgan fingerprint density at radius 3 is 1.49 bits per heavy atom. The number of nitrogens with zero attached hydrogens (tertiary/aromatic N) is 3. The van der Waals surface area contributed by atoms with Gasteiger partial charge >= 0.3 is 0 Å². The molecule has 0 aliphatic heterocycles. The molecule has 1 aromatic rings. The van der Waals surface area contributed by atoms with E-state index in [9.17, 15) is 0 Å². The monoisotopic (exact) mass is 638 g/mol. The average molecular weight is 640 g/mol. The van der Waals surface area contributed by atoms with Crippen molar-refractivity contribution in [1.82, 2.24) is 4.90 Å². The Kier molecular flexibility index (Phi) is 25.4. The van der Waals surface area contributed by atoms with E-state index < -0.39 is 24.2 Å². The first-order valence-corrected chi connectivity index (χ1v) is 25.2. The summed E-state index contributed by atoms with van der Waals surface area (Å²) in [6.07, 6.45) is 6.57. The molecule has 0 saturated heterocycles. The molecule has 37 heavy (non-hydrogen) atoms. The first-order chi connectivity index (χ1) is 16.3. The number of hydrogen-bond acceptors (Lipinski definition) is 1. The van der Waals surface area contributed by atoms with Crippen molar-refractivity contribution in [3.8, 4) is 0 Å². The minimum atomic E-state index is -0.861. The van der Waals surface area contributed by atoms with Crippen LogP contribution in [0.25, 0.3) is 10.6 Å². The van der Waals surface area contributed by atoms with Crippen LogP contribution >= 0.6 is 0 Å². The van der Waals surface area contributed by atoms with E-state index in [1.165, 1.54) is 37.7 Å². The van der Waals surface area contributed by atoms with Crippen LogP contribution < -0.4 is 0 Å². The van der Waals surface area contributed by atoms with Crippen molar-refractivity contribution in [1.29, 1.82) is 0 Å². The summed E-state index contributed by atoms with van der Waals surface area (Å²) in [5.74, 6) is 0. The van der Waals surface area contributed by atoms with E-state index in [1.54, 1.807) is 0 Å². The molecule has 1 fully saturated rings. The number of hydrogen-bond donors (Lipinski definition) is 0. The fourth-order valence-electron chi connectivity index (χ4n) is 3.00. The van der Waals surface area contributed by atoms with Gasteiger partial charge in [-0.25, -0.2) is 0 Å². The third kappa shape index (κ3) is 38.8. The third-order valence-electron chi connectivity index (χ3n) is 4.34. The smallest absolute Gasteiger partial charge is 0 e. The molecule has 2 rings (SSSR count). The van der Waals surface area contributed by atoms with Crippen molar-refractivity contribution in [3.05, 3.63) is 66.2 Å². The predicted molar refractivity (Wildman–Crippen MR) is 177 cm³/mol. The van der Waals surface area contributed by atoms with Gasteiger partial charge in [0.2, 0.25) is 0 Å². The van der Waals surface area contributed by atoms with Crippen LogP contribution in [0.3, 0.4) is 0 Å². The molecule has 0 spiro atoms. The van der Waals surface area contributed by atoms with Crippen molar-refractivity contribution in [2.24, 2.45) is 0 Å². The van der Waals surface area contributed by atoms with Crippen LogP contribution in [-0.4, -0.2) is 54.5 Å². The molecule has 0 radical (unpaired) electrons. The Hall–Kier alpha value is 0.634. The van der Waals surface area contributed by atoms with Gasteiger partial charge in [0.25, 0.3) is 0 Å². The summed E-state index contributed by atoms with van der Waals surface area (Å²) in [5.41, 5.74) is 1.27. The van der Waals surface area contributed by atoms with Crippen molar-refractivity contribution in [2.75, 3.05) is 13.1 Å². The topological polar surface area (TPSA) is 31.4 Å². The molecule has 1 aliphatic rings. The van der Waals surface area contributed by atoms with E-state index in [4.69, 9.17) is 10.6 Å². The van der Waals surface area contributed by atoms with Gasteiger partial charge in [0.05, 0.1) is 0 Å². The van der Waals surface area contributed by atoms with Crippen LogP contribution in [0.2, 0.25) is 58.9 Å². The molecular formula is C30H62N3Si3Zr-5. The SMILES string of the molecule is CCN(CC)C([N-]Cc1ccccc1)[N-]C1CCCCC1.[CH2-][Si](C)(C)C.[CH2-][Si](C)(C)C.[CH2-][Si](C)(C)C.[Zr]. The Bertz CT molecular complexity index is 569. The molecule has 7 heteroatoms. The van der Waals surface area contributed by atoms with Crippen molar-refractivity contribution >= 4 is 24.2 Å². The first-order valence-electron chi connectivity index (χ1n) is 14.0. The second kappa shape index (κ2) is 22.3. The Morgan fingerprint density at radius 1 is 0.757 bits per heavy atom. The van der Waals surface area contributed by atoms with Gasteiger partial charge in [-0.1, -0.05) is 141 Å². The van der Waals surface area contributed by atoms with Gasteiger partial charge < -0.3 is 35.2 Å². The number of rotatable bonds is 8. The van der Waals surface area contributed by atoms with E-state index in [2.05, 4.69) is 128 Å². The maximum absolute atomic E-state index is 5.05. The van der Waals surface area contributed by atoms with Gasteiger partial charge in [0, 0.05) is 26.2 Å². The van der Waals surface area contributed by atoms with Gasteiger partial charge in [0.1, 0.15) is 0 Å². The molecule has 1 aliphatic carbocycles. The van der Waals surface area contributed by atoms with Crippen LogP contribution in [0.1, 0.15) is 51.5 Å².